The topological polar surface area (TPSA) is 46.3 Å². The molecule has 20 heavy (non-hydrogen) atoms. The lowest BCUT2D eigenvalue weighted by Crippen LogP contribution is -2.42. The van der Waals surface area contributed by atoms with Crippen LogP contribution >= 0.6 is 11.6 Å². The first kappa shape index (κ1) is 15.3. The SMILES string of the molecule is CN(Cc1c(F)cccc1Cl)C(=O)CC1(N)CCCC1. The van der Waals surface area contributed by atoms with Crippen LogP contribution in [-0.4, -0.2) is 23.4 Å². The lowest BCUT2D eigenvalue weighted by atomic mass is 9.94. The largest absolute Gasteiger partial charge is 0.341 e. The molecule has 1 aromatic carbocycles. The van der Waals surface area contributed by atoms with Crippen LogP contribution in [0.5, 0.6) is 0 Å². The number of nitrogens with zero attached hydrogens (tertiary/aromatic N) is 1. The average molecular weight is 299 g/mol. The third-order valence-corrected chi connectivity index (χ3v) is 4.34. The molecule has 1 aromatic rings. The fourth-order valence-electron chi connectivity index (χ4n) is 2.70. The molecule has 0 unspecified atom stereocenters. The van der Waals surface area contributed by atoms with E-state index in [2.05, 4.69) is 0 Å². The second-order valence-corrected chi connectivity index (χ2v) is 6.10. The quantitative estimate of drug-likeness (QED) is 0.928. The third-order valence-electron chi connectivity index (χ3n) is 3.99. The van der Waals surface area contributed by atoms with E-state index in [4.69, 9.17) is 17.3 Å². The van der Waals surface area contributed by atoms with E-state index >= 15 is 0 Å². The monoisotopic (exact) mass is 298 g/mol. The Hall–Kier alpha value is -1.13. The minimum Gasteiger partial charge on any atom is -0.341 e. The Balaban J connectivity index is 2.01. The average Bonchev–Trinajstić information content (AvgIpc) is 2.80. The Morgan fingerprint density at radius 1 is 1.45 bits per heavy atom. The molecule has 1 aliphatic carbocycles. The van der Waals surface area contributed by atoms with Gasteiger partial charge in [-0.25, -0.2) is 4.39 Å². The minimum atomic E-state index is -0.388. The van der Waals surface area contributed by atoms with Gasteiger partial charge in [0.2, 0.25) is 5.91 Å². The number of carbonyl (C=O) groups excluding carboxylic acids is 1. The van der Waals surface area contributed by atoms with Gasteiger partial charge in [-0.3, -0.25) is 4.79 Å². The van der Waals surface area contributed by atoms with Gasteiger partial charge in [-0.05, 0) is 25.0 Å². The summed E-state index contributed by atoms with van der Waals surface area (Å²) in [7, 11) is 1.66. The normalized spacial score (nSPS) is 17.2. The van der Waals surface area contributed by atoms with Crippen molar-refractivity contribution in [3.63, 3.8) is 0 Å². The molecule has 1 aliphatic rings. The highest BCUT2D eigenvalue weighted by atomic mass is 35.5. The van der Waals surface area contributed by atoms with Crippen molar-refractivity contribution in [2.24, 2.45) is 5.73 Å². The van der Waals surface area contributed by atoms with Crippen LogP contribution in [0.1, 0.15) is 37.7 Å². The molecule has 0 radical (unpaired) electrons. The molecule has 0 atom stereocenters. The van der Waals surface area contributed by atoms with Crippen molar-refractivity contribution in [3.8, 4) is 0 Å². The fraction of sp³-hybridized carbons (Fsp3) is 0.533. The van der Waals surface area contributed by atoms with Crippen LogP contribution in [-0.2, 0) is 11.3 Å². The molecular formula is C15H20ClFN2O. The Bertz CT molecular complexity index is 480. The van der Waals surface area contributed by atoms with E-state index in [1.807, 2.05) is 0 Å². The van der Waals surface area contributed by atoms with Crippen LogP contribution in [0.2, 0.25) is 5.02 Å². The van der Waals surface area contributed by atoms with E-state index in [0.717, 1.165) is 25.7 Å². The van der Waals surface area contributed by atoms with Crippen LogP contribution in [0.15, 0.2) is 18.2 Å². The van der Waals surface area contributed by atoms with E-state index in [1.54, 1.807) is 19.2 Å². The third kappa shape index (κ3) is 3.49. The number of hydrogen-bond acceptors (Lipinski definition) is 2. The zero-order chi connectivity index (χ0) is 14.8. The Labute approximate surface area is 123 Å². The van der Waals surface area contributed by atoms with Crippen LogP contribution in [0.25, 0.3) is 0 Å². The van der Waals surface area contributed by atoms with Crippen molar-refractivity contribution < 1.29 is 9.18 Å². The molecule has 0 spiro atoms. The van der Waals surface area contributed by atoms with E-state index < -0.39 is 0 Å². The van der Waals surface area contributed by atoms with Gasteiger partial charge in [-0.2, -0.15) is 0 Å². The molecule has 0 bridgehead atoms. The lowest BCUT2D eigenvalue weighted by molar-refractivity contribution is -0.131. The molecule has 5 heteroatoms. The molecule has 1 amide bonds. The van der Waals surface area contributed by atoms with Crippen molar-refractivity contribution in [1.29, 1.82) is 0 Å². The maximum Gasteiger partial charge on any atom is 0.224 e. The Kier molecular flexibility index (Phi) is 4.66. The van der Waals surface area contributed by atoms with Gasteiger partial charge in [0.1, 0.15) is 5.82 Å². The van der Waals surface area contributed by atoms with Gasteiger partial charge in [0.15, 0.2) is 0 Å². The zero-order valence-corrected chi connectivity index (χ0v) is 12.4. The van der Waals surface area contributed by atoms with E-state index in [9.17, 15) is 9.18 Å². The van der Waals surface area contributed by atoms with Crippen LogP contribution < -0.4 is 5.73 Å². The number of amides is 1. The Morgan fingerprint density at radius 3 is 2.70 bits per heavy atom. The van der Waals surface area contributed by atoms with Gasteiger partial charge in [-0.15, -0.1) is 0 Å². The minimum absolute atomic E-state index is 0.0614. The standard InChI is InChI=1S/C15H20ClFN2O/c1-19(10-11-12(16)5-4-6-13(11)17)14(20)9-15(18)7-2-3-8-15/h4-6H,2-3,7-10,18H2,1H3. The smallest absolute Gasteiger partial charge is 0.224 e. The summed E-state index contributed by atoms with van der Waals surface area (Å²) in [4.78, 5) is 13.7. The summed E-state index contributed by atoms with van der Waals surface area (Å²) in [5, 5.41) is 0.341. The number of carbonyl (C=O) groups is 1. The fourth-order valence-corrected chi connectivity index (χ4v) is 2.92. The first-order valence-corrected chi connectivity index (χ1v) is 7.25. The molecule has 0 aliphatic heterocycles. The summed E-state index contributed by atoms with van der Waals surface area (Å²) < 4.78 is 13.7. The van der Waals surface area contributed by atoms with Gasteiger partial charge in [-0.1, -0.05) is 30.5 Å². The number of benzene rings is 1. The molecule has 1 saturated carbocycles. The highest BCUT2D eigenvalue weighted by Gasteiger charge is 2.32. The van der Waals surface area contributed by atoms with E-state index in [1.165, 1.54) is 11.0 Å². The number of hydrogen-bond donors (Lipinski definition) is 1. The predicted octanol–water partition coefficient (Wildman–Crippen LogP) is 3.10. The molecule has 3 nitrogen and oxygen atoms in total. The highest BCUT2D eigenvalue weighted by Crippen LogP contribution is 2.30. The van der Waals surface area contributed by atoms with Crippen LogP contribution in [0.4, 0.5) is 4.39 Å². The van der Waals surface area contributed by atoms with Crippen molar-refractivity contribution in [3.05, 3.63) is 34.6 Å². The van der Waals surface area contributed by atoms with E-state index in [0.29, 0.717) is 17.0 Å². The van der Waals surface area contributed by atoms with Gasteiger partial charge in [0.25, 0.3) is 0 Å². The molecule has 0 aromatic heterocycles. The maximum absolute atomic E-state index is 13.7. The van der Waals surface area contributed by atoms with Gasteiger partial charge < -0.3 is 10.6 Å². The van der Waals surface area contributed by atoms with E-state index in [-0.39, 0.29) is 23.8 Å². The second-order valence-electron chi connectivity index (χ2n) is 5.70. The molecule has 110 valence electrons. The molecular weight excluding hydrogens is 279 g/mol. The maximum atomic E-state index is 13.7. The predicted molar refractivity (Wildman–Crippen MR) is 77.9 cm³/mol. The Morgan fingerprint density at radius 2 is 2.10 bits per heavy atom. The molecule has 2 N–H and O–H groups in total. The summed E-state index contributed by atoms with van der Waals surface area (Å²) in [6, 6.07) is 4.52. The highest BCUT2D eigenvalue weighted by molar-refractivity contribution is 6.31. The molecule has 2 rings (SSSR count). The number of nitrogens with two attached hydrogens (primary N) is 1. The molecule has 1 fully saturated rings. The van der Waals surface area contributed by atoms with Crippen molar-refractivity contribution >= 4 is 17.5 Å². The van der Waals surface area contributed by atoms with Crippen molar-refractivity contribution in [2.75, 3.05) is 7.05 Å². The first-order valence-electron chi connectivity index (χ1n) is 6.87. The summed E-state index contributed by atoms with van der Waals surface area (Å²) >= 11 is 5.97. The van der Waals surface area contributed by atoms with Crippen LogP contribution in [0.3, 0.4) is 0 Å². The van der Waals surface area contributed by atoms with Crippen molar-refractivity contribution in [2.45, 2.75) is 44.2 Å². The zero-order valence-electron chi connectivity index (χ0n) is 11.7. The number of halogens is 2. The summed E-state index contributed by atoms with van der Waals surface area (Å²) in [6.45, 7) is 0.167. The second kappa shape index (κ2) is 6.10. The number of rotatable bonds is 4. The summed E-state index contributed by atoms with van der Waals surface area (Å²) in [5.41, 5.74) is 6.17. The molecule has 0 heterocycles. The van der Waals surface area contributed by atoms with Gasteiger partial charge in [0.05, 0.1) is 0 Å². The van der Waals surface area contributed by atoms with Crippen molar-refractivity contribution in [1.82, 2.24) is 4.90 Å². The summed E-state index contributed by atoms with van der Waals surface area (Å²) in [5.74, 6) is -0.450. The van der Waals surface area contributed by atoms with Crippen LogP contribution in [0, 0.1) is 5.82 Å². The van der Waals surface area contributed by atoms with Gasteiger partial charge >= 0.3 is 0 Å². The molecule has 0 saturated heterocycles. The van der Waals surface area contributed by atoms with Gasteiger partial charge in [0, 0.05) is 36.1 Å². The lowest BCUT2D eigenvalue weighted by Gasteiger charge is -2.26. The first-order chi connectivity index (χ1) is 9.41. The summed E-state index contributed by atoms with van der Waals surface area (Å²) in [6.07, 6.45) is 4.23.